The second-order valence-electron chi connectivity index (χ2n) is 6.91. The monoisotopic (exact) mass is 424 g/mol. The molecule has 2 aliphatic rings. The SMILES string of the molecule is O=C(Nc1ccc(F)c(C(F)(F)F)c1)C1CCCN1C(=O)c1ccc2c(c1)OCO2. The molecule has 6 nitrogen and oxygen atoms in total. The van der Waals surface area contributed by atoms with Crippen LogP contribution in [0.15, 0.2) is 36.4 Å². The van der Waals surface area contributed by atoms with Gasteiger partial charge in [0.15, 0.2) is 11.5 Å². The summed E-state index contributed by atoms with van der Waals surface area (Å²) in [6, 6.07) is 6.03. The third kappa shape index (κ3) is 3.77. The maximum Gasteiger partial charge on any atom is 0.419 e. The van der Waals surface area contributed by atoms with Crippen molar-refractivity contribution in [3.63, 3.8) is 0 Å². The van der Waals surface area contributed by atoms with Crippen LogP contribution in [0.3, 0.4) is 0 Å². The van der Waals surface area contributed by atoms with E-state index in [0.717, 1.165) is 6.07 Å². The minimum Gasteiger partial charge on any atom is -0.454 e. The Morgan fingerprint density at radius 1 is 1.07 bits per heavy atom. The highest BCUT2D eigenvalue weighted by Crippen LogP contribution is 2.35. The van der Waals surface area contributed by atoms with Gasteiger partial charge in [-0.3, -0.25) is 9.59 Å². The summed E-state index contributed by atoms with van der Waals surface area (Å²) in [5, 5.41) is 2.36. The third-order valence-electron chi connectivity index (χ3n) is 4.98. The van der Waals surface area contributed by atoms with E-state index >= 15 is 0 Å². The van der Waals surface area contributed by atoms with E-state index in [0.29, 0.717) is 48.6 Å². The first-order valence-corrected chi connectivity index (χ1v) is 9.12. The molecule has 2 aromatic carbocycles. The fraction of sp³-hybridized carbons (Fsp3) is 0.300. The number of likely N-dealkylation sites (tertiary alicyclic amines) is 1. The van der Waals surface area contributed by atoms with Crippen molar-refractivity contribution in [2.75, 3.05) is 18.7 Å². The number of ether oxygens (including phenoxy) is 2. The first-order chi connectivity index (χ1) is 14.2. The highest BCUT2D eigenvalue weighted by molar-refractivity contribution is 6.01. The minimum atomic E-state index is -4.89. The van der Waals surface area contributed by atoms with Crippen molar-refractivity contribution in [1.29, 1.82) is 0 Å². The lowest BCUT2D eigenvalue weighted by Crippen LogP contribution is -2.43. The lowest BCUT2D eigenvalue weighted by molar-refractivity contribution is -0.140. The summed E-state index contributed by atoms with van der Waals surface area (Å²) in [6.07, 6.45) is -3.97. The first kappa shape index (κ1) is 20.0. The molecule has 2 aliphatic heterocycles. The van der Waals surface area contributed by atoms with Gasteiger partial charge in [-0.05, 0) is 49.2 Å². The number of carbonyl (C=O) groups excluding carboxylic acids is 2. The van der Waals surface area contributed by atoms with Crippen LogP contribution in [-0.4, -0.2) is 36.1 Å². The molecule has 30 heavy (non-hydrogen) atoms. The van der Waals surface area contributed by atoms with Crippen molar-refractivity contribution in [2.45, 2.75) is 25.1 Å². The van der Waals surface area contributed by atoms with Crippen molar-refractivity contribution < 1.29 is 36.6 Å². The van der Waals surface area contributed by atoms with Crippen molar-refractivity contribution in [1.82, 2.24) is 4.90 Å². The fourth-order valence-corrected chi connectivity index (χ4v) is 3.52. The number of nitrogens with one attached hydrogen (secondary N) is 1. The molecule has 2 aromatic rings. The number of hydrogen-bond acceptors (Lipinski definition) is 4. The molecule has 0 aliphatic carbocycles. The first-order valence-electron chi connectivity index (χ1n) is 9.12. The Bertz CT molecular complexity index is 1010. The number of anilines is 1. The molecule has 1 atom stereocenters. The highest BCUT2D eigenvalue weighted by Gasteiger charge is 2.37. The molecule has 1 unspecified atom stereocenters. The number of nitrogens with zero attached hydrogens (tertiary/aromatic N) is 1. The lowest BCUT2D eigenvalue weighted by Gasteiger charge is -2.24. The van der Waals surface area contributed by atoms with E-state index in [2.05, 4.69) is 5.32 Å². The fourth-order valence-electron chi connectivity index (χ4n) is 3.52. The van der Waals surface area contributed by atoms with Crippen molar-refractivity contribution in [3.05, 3.63) is 53.3 Å². The predicted octanol–water partition coefficient (Wildman–Crippen LogP) is 3.82. The number of benzene rings is 2. The van der Waals surface area contributed by atoms with Crippen LogP contribution >= 0.6 is 0 Å². The molecular weight excluding hydrogens is 408 g/mol. The Morgan fingerprint density at radius 3 is 2.60 bits per heavy atom. The van der Waals surface area contributed by atoms with Crippen molar-refractivity contribution >= 4 is 17.5 Å². The number of rotatable bonds is 3. The number of fused-ring (bicyclic) bond motifs is 1. The lowest BCUT2D eigenvalue weighted by atomic mass is 10.1. The van der Waals surface area contributed by atoms with E-state index in [9.17, 15) is 27.2 Å². The van der Waals surface area contributed by atoms with E-state index in [4.69, 9.17) is 9.47 Å². The van der Waals surface area contributed by atoms with Crippen LogP contribution in [0.5, 0.6) is 11.5 Å². The van der Waals surface area contributed by atoms with Crippen LogP contribution in [0, 0.1) is 5.82 Å². The average molecular weight is 424 g/mol. The molecule has 2 amide bonds. The van der Waals surface area contributed by atoms with Crippen molar-refractivity contribution in [2.24, 2.45) is 0 Å². The smallest absolute Gasteiger partial charge is 0.419 e. The zero-order valence-electron chi connectivity index (χ0n) is 15.5. The minimum absolute atomic E-state index is 0.0549. The molecule has 1 fully saturated rings. The molecule has 0 bridgehead atoms. The normalized spacial score (nSPS) is 17.9. The molecule has 0 spiro atoms. The maximum absolute atomic E-state index is 13.4. The molecule has 158 valence electrons. The molecule has 0 saturated carbocycles. The predicted molar refractivity (Wildman–Crippen MR) is 96.7 cm³/mol. The van der Waals surface area contributed by atoms with Gasteiger partial charge in [-0.2, -0.15) is 13.2 Å². The van der Waals surface area contributed by atoms with Gasteiger partial charge >= 0.3 is 6.18 Å². The molecule has 0 aromatic heterocycles. The number of amides is 2. The summed E-state index contributed by atoms with van der Waals surface area (Å²) >= 11 is 0. The number of carbonyl (C=O) groups is 2. The Kier molecular flexibility index (Phi) is 5.00. The summed E-state index contributed by atoms with van der Waals surface area (Å²) in [4.78, 5) is 26.9. The topological polar surface area (TPSA) is 67.9 Å². The summed E-state index contributed by atoms with van der Waals surface area (Å²) in [5.41, 5.74) is -1.36. The molecular formula is C20H16F4N2O4. The molecule has 1 saturated heterocycles. The van der Waals surface area contributed by atoms with Gasteiger partial charge in [0, 0.05) is 17.8 Å². The second kappa shape index (κ2) is 7.51. The van der Waals surface area contributed by atoms with E-state index in [1.165, 1.54) is 11.0 Å². The number of halogens is 4. The highest BCUT2D eigenvalue weighted by atomic mass is 19.4. The zero-order chi connectivity index (χ0) is 21.5. The van der Waals surface area contributed by atoms with Gasteiger partial charge in [-0.1, -0.05) is 0 Å². The van der Waals surface area contributed by atoms with Gasteiger partial charge in [0.2, 0.25) is 12.7 Å². The molecule has 2 heterocycles. The summed E-state index contributed by atoms with van der Waals surface area (Å²) < 4.78 is 62.6. The average Bonchev–Trinajstić information content (AvgIpc) is 3.36. The molecule has 1 N–H and O–H groups in total. The Labute approximate surface area is 168 Å². The van der Waals surface area contributed by atoms with Gasteiger partial charge in [-0.15, -0.1) is 0 Å². The zero-order valence-corrected chi connectivity index (χ0v) is 15.5. The summed E-state index contributed by atoms with van der Waals surface area (Å²) in [6.45, 7) is 0.377. The molecule has 0 radical (unpaired) electrons. The summed E-state index contributed by atoms with van der Waals surface area (Å²) in [7, 11) is 0. The Balaban J connectivity index is 1.51. The van der Waals surface area contributed by atoms with Gasteiger partial charge in [0.1, 0.15) is 11.9 Å². The Hall–Kier alpha value is -3.30. The molecule has 10 heteroatoms. The molecule has 4 rings (SSSR count). The van der Waals surface area contributed by atoms with E-state index < -0.39 is 35.4 Å². The third-order valence-corrected chi connectivity index (χ3v) is 4.98. The van der Waals surface area contributed by atoms with Crippen LogP contribution in [0.4, 0.5) is 23.2 Å². The number of hydrogen-bond donors (Lipinski definition) is 1. The summed E-state index contributed by atoms with van der Waals surface area (Å²) in [5.74, 6) is -1.53. The van der Waals surface area contributed by atoms with Crippen LogP contribution < -0.4 is 14.8 Å². The van der Waals surface area contributed by atoms with E-state index in [1.54, 1.807) is 12.1 Å². The van der Waals surface area contributed by atoms with Crippen LogP contribution in [0.2, 0.25) is 0 Å². The van der Waals surface area contributed by atoms with Gasteiger partial charge in [0.05, 0.1) is 5.56 Å². The van der Waals surface area contributed by atoms with Crippen LogP contribution in [-0.2, 0) is 11.0 Å². The Morgan fingerprint density at radius 2 is 1.83 bits per heavy atom. The van der Waals surface area contributed by atoms with Gasteiger partial charge < -0.3 is 19.7 Å². The second-order valence-corrected chi connectivity index (χ2v) is 6.91. The maximum atomic E-state index is 13.4. The standard InChI is InChI=1S/C20H16F4N2O4/c21-14-5-4-12(9-13(14)20(22,23)24)25-18(27)15-2-1-7-26(15)19(28)11-3-6-16-17(8-11)30-10-29-16/h3-6,8-9,15H,1-2,7,10H2,(H,25,27). The van der Waals surface area contributed by atoms with Crippen LogP contribution in [0.25, 0.3) is 0 Å². The van der Waals surface area contributed by atoms with E-state index in [-0.39, 0.29) is 12.5 Å². The van der Waals surface area contributed by atoms with E-state index in [1.807, 2.05) is 0 Å². The largest absolute Gasteiger partial charge is 0.454 e. The quantitative estimate of drug-likeness (QED) is 0.761. The van der Waals surface area contributed by atoms with Gasteiger partial charge in [-0.25, -0.2) is 4.39 Å². The van der Waals surface area contributed by atoms with Crippen molar-refractivity contribution in [3.8, 4) is 11.5 Å². The number of alkyl halides is 3. The van der Waals surface area contributed by atoms with Gasteiger partial charge in [0.25, 0.3) is 5.91 Å². The van der Waals surface area contributed by atoms with Crippen LogP contribution in [0.1, 0.15) is 28.8 Å².